The first-order valence-corrected chi connectivity index (χ1v) is 5.91. The van der Waals surface area contributed by atoms with Crippen LogP contribution in [-0.4, -0.2) is 23.3 Å². The number of nitrogens with zero attached hydrogens (tertiary/aromatic N) is 2. The summed E-state index contributed by atoms with van der Waals surface area (Å²) in [5.41, 5.74) is 2.05. The van der Waals surface area contributed by atoms with Gasteiger partial charge in [-0.05, 0) is 13.3 Å². The van der Waals surface area contributed by atoms with Crippen molar-refractivity contribution in [3.05, 3.63) is 21.3 Å². The van der Waals surface area contributed by atoms with Crippen LogP contribution >= 0.6 is 11.3 Å². The van der Waals surface area contributed by atoms with E-state index in [1.807, 2.05) is 6.92 Å². The molecule has 0 amide bonds. The largest absolute Gasteiger partial charge is 0.495 e. The van der Waals surface area contributed by atoms with Crippen molar-refractivity contribution in [1.82, 2.24) is 4.98 Å². The molecule has 0 bridgehead atoms. The predicted molar refractivity (Wildman–Crippen MR) is 60.8 cm³/mol. The number of thiazole rings is 1. The van der Waals surface area contributed by atoms with Crippen LogP contribution in [-0.2, 0) is 11.2 Å². The highest BCUT2D eigenvalue weighted by atomic mass is 32.1. The first-order chi connectivity index (χ1) is 7.76. The van der Waals surface area contributed by atoms with Crippen molar-refractivity contribution in [2.45, 2.75) is 19.8 Å². The third kappa shape index (κ3) is 1.94. The van der Waals surface area contributed by atoms with Crippen LogP contribution in [0.15, 0.2) is 5.76 Å². The molecule has 1 heterocycles. The number of ether oxygens (including phenoxy) is 1. The van der Waals surface area contributed by atoms with Gasteiger partial charge in [0.1, 0.15) is 18.4 Å². The number of aromatic nitrogens is 1. The SMILES string of the molecule is CC1=C(OCCO)CCc2nc(C#N)sc21. The van der Waals surface area contributed by atoms with Gasteiger partial charge >= 0.3 is 0 Å². The van der Waals surface area contributed by atoms with Crippen LogP contribution in [0.25, 0.3) is 5.57 Å². The van der Waals surface area contributed by atoms with E-state index in [2.05, 4.69) is 11.1 Å². The maximum absolute atomic E-state index is 8.80. The Hall–Kier alpha value is -1.38. The number of nitriles is 1. The van der Waals surface area contributed by atoms with Crippen molar-refractivity contribution in [2.75, 3.05) is 13.2 Å². The second kappa shape index (κ2) is 4.64. The quantitative estimate of drug-likeness (QED) is 0.867. The molecule has 1 aromatic heterocycles. The number of aliphatic hydroxyl groups is 1. The molecule has 0 spiro atoms. The van der Waals surface area contributed by atoms with Crippen LogP contribution < -0.4 is 0 Å². The minimum atomic E-state index is 0.0236. The molecule has 0 atom stereocenters. The molecule has 5 heteroatoms. The number of fused-ring (bicyclic) bond motifs is 1. The van der Waals surface area contributed by atoms with Crippen molar-refractivity contribution < 1.29 is 9.84 Å². The lowest BCUT2D eigenvalue weighted by Crippen LogP contribution is -2.07. The summed E-state index contributed by atoms with van der Waals surface area (Å²) >= 11 is 1.41. The van der Waals surface area contributed by atoms with Crippen LogP contribution in [0.4, 0.5) is 0 Å². The Bertz CT molecular complexity index is 471. The molecule has 84 valence electrons. The van der Waals surface area contributed by atoms with Gasteiger partial charge in [-0.25, -0.2) is 4.98 Å². The Balaban J connectivity index is 2.30. The van der Waals surface area contributed by atoms with Gasteiger partial charge in [-0.1, -0.05) is 0 Å². The van der Waals surface area contributed by atoms with Gasteiger partial charge in [-0.2, -0.15) is 5.26 Å². The fraction of sp³-hybridized carbons (Fsp3) is 0.455. The number of aliphatic hydroxyl groups excluding tert-OH is 1. The molecule has 0 saturated carbocycles. The van der Waals surface area contributed by atoms with E-state index in [4.69, 9.17) is 15.1 Å². The van der Waals surface area contributed by atoms with E-state index < -0.39 is 0 Å². The third-order valence-corrected chi connectivity index (χ3v) is 3.63. The lowest BCUT2D eigenvalue weighted by Gasteiger charge is -2.17. The van der Waals surface area contributed by atoms with Gasteiger partial charge < -0.3 is 9.84 Å². The predicted octanol–water partition coefficient (Wildman–Crippen LogP) is 1.70. The molecular formula is C11H12N2O2S. The molecule has 0 saturated heterocycles. The van der Waals surface area contributed by atoms with Crippen molar-refractivity contribution in [3.63, 3.8) is 0 Å². The Kier molecular flexibility index (Phi) is 3.22. The van der Waals surface area contributed by atoms with E-state index in [9.17, 15) is 0 Å². The van der Waals surface area contributed by atoms with E-state index in [1.165, 1.54) is 11.3 Å². The van der Waals surface area contributed by atoms with Crippen molar-refractivity contribution in [1.29, 1.82) is 5.26 Å². The summed E-state index contributed by atoms with van der Waals surface area (Å²) in [5.74, 6) is 0.912. The van der Waals surface area contributed by atoms with E-state index in [0.29, 0.717) is 11.6 Å². The molecule has 0 fully saturated rings. The molecular weight excluding hydrogens is 224 g/mol. The summed E-state index contributed by atoms with van der Waals surface area (Å²) < 4.78 is 5.47. The zero-order valence-electron chi connectivity index (χ0n) is 8.99. The number of allylic oxidation sites excluding steroid dienone is 2. The number of rotatable bonds is 3. The number of hydrogen-bond acceptors (Lipinski definition) is 5. The molecule has 2 rings (SSSR count). The summed E-state index contributed by atoms with van der Waals surface area (Å²) in [7, 11) is 0. The van der Waals surface area contributed by atoms with Gasteiger partial charge in [-0.15, -0.1) is 11.3 Å². The Morgan fingerprint density at radius 1 is 1.56 bits per heavy atom. The van der Waals surface area contributed by atoms with Crippen molar-refractivity contribution >= 4 is 16.9 Å². The summed E-state index contributed by atoms with van der Waals surface area (Å²) in [6.45, 7) is 2.33. The Morgan fingerprint density at radius 3 is 3.06 bits per heavy atom. The summed E-state index contributed by atoms with van der Waals surface area (Å²) in [5, 5.41) is 18.0. The monoisotopic (exact) mass is 236 g/mol. The second-order valence-corrected chi connectivity index (χ2v) is 4.53. The average Bonchev–Trinajstić information content (AvgIpc) is 2.72. The van der Waals surface area contributed by atoms with Crippen LogP contribution in [0.5, 0.6) is 0 Å². The maximum atomic E-state index is 8.80. The van der Waals surface area contributed by atoms with E-state index in [-0.39, 0.29) is 6.61 Å². The van der Waals surface area contributed by atoms with Gasteiger partial charge in [0.15, 0.2) is 5.01 Å². The highest BCUT2D eigenvalue weighted by Gasteiger charge is 2.21. The molecule has 1 aliphatic carbocycles. The summed E-state index contributed by atoms with van der Waals surface area (Å²) in [6.07, 6.45) is 1.61. The molecule has 4 nitrogen and oxygen atoms in total. The molecule has 0 unspecified atom stereocenters. The van der Waals surface area contributed by atoms with Gasteiger partial charge in [0, 0.05) is 12.0 Å². The average molecular weight is 236 g/mol. The zero-order valence-corrected chi connectivity index (χ0v) is 9.80. The van der Waals surface area contributed by atoms with Gasteiger partial charge in [0.05, 0.1) is 17.2 Å². The normalized spacial score (nSPS) is 14.6. The van der Waals surface area contributed by atoms with Crippen LogP contribution in [0, 0.1) is 11.3 Å². The Labute approximate surface area is 97.8 Å². The third-order valence-electron chi connectivity index (χ3n) is 2.51. The minimum Gasteiger partial charge on any atom is -0.495 e. The fourth-order valence-electron chi connectivity index (χ4n) is 1.76. The molecule has 1 aromatic rings. The van der Waals surface area contributed by atoms with Gasteiger partial charge in [0.2, 0.25) is 0 Å². The van der Waals surface area contributed by atoms with Gasteiger partial charge in [-0.3, -0.25) is 0 Å². The summed E-state index contributed by atoms with van der Waals surface area (Å²) in [4.78, 5) is 5.30. The first kappa shape index (κ1) is 11.1. The Morgan fingerprint density at radius 2 is 2.38 bits per heavy atom. The summed E-state index contributed by atoms with van der Waals surface area (Å²) in [6, 6.07) is 2.07. The van der Waals surface area contributed by atoms with Crippen molar-refractivity contribution in [3.8, 4) is 6.07 Å². The fourth-order valence-corrected chi connectivity index (χ4v) is 2.68. The van der Waals surface area contributed by atoms with E-state index in [1.54, 1.807) is 0 Å². The van der Waals surface area contributed by atoms with Crippen LogP contribution in [0.1, 0.15) is 28.9 Å². The highest BCUT2D eigenvalue weighted by Crippen LogP contribution is 2.35. The molecule has 0 aliphatic heterocycles. The molecule has 0 aromatic carbocycles. The molecule has 1 N–H and O–H groups in total. The first-order valence-electron chi connectivity index (χ1n) is 5.10. The molecule has 16 heavy (non-hydrogen) atoms. The highest BCUT2D eigenvalue weighted by molar-refractivity contribution is 7.13. The number of hydrogen-bond donors (Lipinski definition) is 1. The standard InChI is InChI=1S/C11H12N2O2S/c1-7-9(15-5-4-14)3-2-8-11(7)16-10(6-12)13-8/h14H,2-5H2,1H3. The number of aryl methyl sites for hydroxylation is 1. The smallest absolute Gasteiger partial charge is 0.195 e. The maximum Gasteiger partial charge on any atom is 0.195 e. The topological polar surface area (TPSA) is 66.1 Å². The van der Waals surface area contributed by atoms with Crippen LogP contribution in [0.3, 0.4) is 0 Å². The van der Waals surface area contributed by atoms with E-state index >= 15 is 0 Å². The zero-order chi connectivity index (χ0) is 11.5. The van der Waals surface area contributed by atoms with Crippen molar-refractivity contribution in [2.24, 2.45) is 0 Å². The lowest BCUT2D eigenvalue weighted by atomic mass is 10.0. The lowest BCUT2D eigenvalue weighted by molar-refractivity contribution is 0.140. The minimum absolute atomic E-state index is 0.0236. The van der Waals surface area contributed by atoms with Gasteiger partial charge in [0.25, 0.3) is 0 Å². The second-order valence-electron chi connectivity index (χ2n) is 3.53. The van der Waals surface area contributed by atoms with Crippen LogP contribution in [0.2, 0.25) is 0 Å². The van der Waals surface area contributed by atoms with E-state index in [0.717, 1.165) is 34.7 Å². The molecule has 0 radical (unpaired) electrons. The molecule has 1 aliphatic rings.